The highest BCUT2D eigenvalue weighted by Gasteiger charge is 2.48. The minimum Gasteiger partial charge on any atom is -0.330 e. The van der Waals surface area contributed by atoms with Gasteiger partial charge in [0.2, 0.25) is 11.6 Å². The lowest BCUT2D eigenvalue weighted by Crippen LogP contribution is -2.53. The number of pyridine rings is 1. The van der Waals surface area contributed by atoms with Crippen molar-refractivity contribution in [3.05, 3.63) is 121 Å². The number of quaternary nitrogens is 1. The van der Waals surface area contributed by atoms with E-state index in [1.807, 2.05) is 54.6 Å². The van der Waals surface area contributed by atoms with E-state index in [0.717, 1.165) is 24.0 Å². The van der Waals surface area contributed by atoms with Crippen molar-refractivity contribution in [2.24, 2.45) is 15.8 Å². The minimum absolute atomic E-state index is 0.150. The van der Waals surface area contributed by atoms with Gasteiger partial charge in [-0.3, -0.25) is 14.6 Å². The molecule has 198 valence electrons. The second-order valence-electron chi connectivity index (χ2n) is 9.75. The monoisotopic (exact) mass is 530 g/mol. The molecule has 1 saturated heterocycles. The normalized spacial score (nSPS) is 21.3. The Kier molecular flexibility index (Phi) is 6.51. The van der Waals surface area contributed by atoms with E-state index in [1.165, 1.54) is 6.08 Å². The Morgan fingerprint density at radius 1 is 1.07 bits per heavy atom. The van der Waals surface area contributed by atoms with Gasteiger partial charge in [-0.05, 0) is 54.3 Å². The summed E-state index contributed by atoms with van der Waals surface area (Å²) in [6, 6.07) is 20.6. The van der Waals surface area contributed by atoms with Gasteiger partial charge >= 0.3 is 0 Å². The van der Waals surface area contributed by atoms with Gasteiger partial charge in [0, 0.05) is 12.7 Å². The summed E-state index contributed by atoms with van der Waals surface area (Å²) in [5.74, 6) is 7.38. The Morgan fingerprint density at radius 2 is 1.88 bits per heavy atom. The molecule has 9 nitrogen and oxygen atoms in total. The lowest BCUT2D eigenvalue weighted by Gasteiger charge is -2.28. The summed E-state index contributed by atoms with van der Waals surface area (Å²) in [7, 11) is 0. The van der Waals surface area contributed by atoms with Gasteiger partial charge in [-0.25, -0.2) is 4.98 Å². The Morgan fingerprint density at radius 3 is 2.70 bits per heavy atom. The smallest absolute Gasteiger partial charge is 0.265 e. The van der Waals surface area contributed by atoms with E-state index in [2.05, 4.69) is 21.9 Å². The number of benzene rings is 2. The summed E-state index contributed by atoms with van der Waals surface area (Å²) in [5.41, 5.74) is 4.28. The van der Waals surface area contributed by atoms with Crippen molar-refractivity contribution in [1.82, 2.24) is 9.88 Å². The molecule has 4 heterocycles. The fourth-order valence-corrected chi connectivity index (χ4v) is 5.43. The third-order valence-corrected chi connectivity index (χ3v) is 7.37. The second kappa shape index (κ2) is 10.3. The first kappa shape index (κ1) is 25.3. The number of allylic oxidation sites excluding steroid dienone is 1. The molecule has 0 saturated carbocycles. The molecule has 2 atom stereocenters. The van der Waals surface area contributed by atoms with E-state index >= 15 is 0 Å². The topological polar surface area (TPSA) is 113 Å². The van der Waals surface area contributed by atoms with Crippen LogP contribution in [0.4, 0.5) is 5.82 Å². The van der Waals surface area contributed by atoms with Crippen LogP contribution < -0.4 is 11.2 Å². The third-order valence-electron chi connectivity index (χ3n) is 7.37. The predicted octanol–water partition coefficient (Wildman–Crippen LogP) is 4.40. The molecule has 2 unspecified atom stereocenters. The summed E-state index contributed by atoms with van der Waals surface area (Å²) in [6.45, 7) is 4.27. The standard InChI is InChI=1S/C31H27N7O2/c1-2-28(39)37-17-8-13-25(37)29-26-20-33-16-18-38(26,32)30(36-29)23-11-6-7-12-24(23)31(40)35-27-19-22(14-15-34-27)21-9-4-3-5-10-21/h2-7,9-12,14-16,18-20,25H,1,8,13,17,32H2/p+1. The van der Waals surface area contributed by atoms with E-state index in [-0.39, 0.29) is 22.4 Å². The predicted molar refractivity (Wildman–Crippen MR) is 155 cm³/mol. The highest BCUT2D eigenvalue weighted by Crippen LogP contribution is 2.37. The van der Waals surface area contributed by atoms with Gasteiger partial charge in [0.1, 0.15) is 17.7 Å². The average Bonchev–Trinajstić information content (AvgIpc) is 3.59. The van der Waals surface area contributed by atoms with Crippen LogP contribution >= 0.6 is 0 Å². The van der Waals surface area contributed by atoms with Crippen LogP contribution in [0.2, 0.25) is 0 Å². The maximum absolute atomic E-state index is 13.6. The molecule has 3 aromatic rings. The van der Waals surface area contributed by atoms with Crippen LogP contribution in [0.5, 0.6) is 0 Å². The second-order valence-corrected chi connectivity index (χ2v) is 9.75. The number of hydrogen-bond donors (Lipinski definition) is 2. The molecule has 0 spiro atoms. The van der Waals surface area contributed by atoms with Gasteiger partial charge in [0.25, 0.3) is 11.7 Å². The van der Waals surface area contributed by atoms with E-state index in [1.54, 1.807) is 41.8 Å². The van der Waals surface area contributed by atoms with Crippen LogP contribution in [-0.4, -0.2) is 50.9 Å². The molecule has 0 radical (unpaired) electrons. The van der Waals surface area contributed by atoms with Gasteiger partial charge in [0.15, 0.2) is 0 Å². The number of nitrogens with one attached hydrogen (secondary N) is 1. The Bertz CT molecular complexity index is 1640. The number of hydrogen-bond acceptors (Lipinski definition) is 6. The molecule has 2 aromatic carbocycles. The first-order valence-corrected chi connectivity index (χ1v) is 13.1. The number of anilines is 1. The zero-order chi connectivity index (χ0) is 27.7. The first-order chi connectivity index (χ1) is 19.5. The molecule has 1 aromatic heterocycles. The van der Waals surface area contributed by atoms with E-state index in [4.69, 9.17) is 10.8 Å². The number of aliphatic imine (C=N–C) groups is 2. The fourth-order valence-electron chi connectivity index (χ4n) is 5.43. The van der Waals surface area contributed by atoms with Gasteiger partial charge in [-0.15, -0.1) is 4.59 Å². The van der Waals surface area contributed by atoms with Crippen molar-refractivity contribution in [3.8, 4) is 11.1 Å². The molecule has 0 bridgehead atoms. The molecule has 9 heteroatoms. The number of amides is 2. The summed E-state index contributed by atoms with van der Waals surface area (Å²) < 4.78 is -0.252. The van der Waals surface area contributed by atoms with Crippen LogP contribution in [0, 0.1) is 0 Å². The highest BCUT2D eigenvalue weighted by molar-refractivity contribution is 6.13. The SMILES string of the molecule is C=CC(=O)N1CCCC1C1=C2C=NC=C[N+]2(N)C(c2ccccc2C(=O)Nc2cc(-c3ccccc3)ccn2)=N1. The van der Waals surface area contributed by atoms with Crippen molar-refractivity contribution in [3.63, 3.8) is 0 Å². The summed E-state index contributed by atoms with van der Waals surface area (Å²) in [4.78, 5) is 41.7. The molecule has 3 aliphatic heterocycles. The van der Waals surface area contributed by atoms with Crippen molar-refractivity contribution >= 4 is 29.7 Å². The van der Waals surface area contributed by atoms with Crippen LogP contribution in [0.3, 0.4) is 0 Å². The van der Waals surface area contributed by atoms with Gasteiger partial charge < -0.3 is 10.2 Å². The Balaban J connectivity index is 1.36. The zero-order valence-corrected chi connectivity index (χ0v) is 21.8. The van der Waals surface area contributed by atoms with Gasteiger partial charge in [-0.1, -0.05) is 49.0 Å². The lowest BCUT2D eigenvalue weighted by atomic mass is 10.0. The van der Waals surface area contributed by atoms with Crippen LogP contribution in [0.15, 0.2) is 119 Å². The fraction of sp³-hybridized carbons (Fsp3) is 0.129. The van der Waals surface area contributed by atoms with Gasteiger partial charge in [-0.2, -0.15) is 10.8 Å². The van der Waals surface area contributed by atoms with Crippen LogP contribution in [0.1, 0.15) is 28.8 Å². The zero-order valence-electron chi connectivity index (χ0n) is 21.8. The van der Waals surface area contributed by atoms with E-state index in [0.29, 0.717) is 40.7 Å². The van der Waals surface area contributed by atoms with Crippen molar-refractivity contribution < 1.29 is 14.2 Å². The molecule has 0 aliphatic carbocycles. The molecule has 2 amide bonds. The number of carbonyl (C=O) groups is 2. The van der Waals surface area contributed by atoms with E-state index < -0.39 is 0 Å². The average molecular weight is 531 g/mol. The Hall–Kier alpha value is -4.99. The number of fused-ring (bicyclic) bond motifs is 1. The summed E-state index contributed by atoms with van der Waals surface area (Å²) >= 11 is 0. The highest BCUT2D eigenvalue weighted by atomic mass is 16.2. The number of nitrogens with two attached hydrogens (primary N) is 1. The molecule has 1 fully saturated rings. The number of rotatable bonds is 6. The molecule has 3 aliphatic rings. The number of aromatic nitrogens is 1. The quantitative estimate of drug-likeness (QED) is 0.279. The maximum Gasteiger partial charge on any atom is 0.265 e. The molecule has 3 N–H and O–H groups in total. The van der Waals surface area contributed by atoms with Gasteiger partial charge in [0.05, 0.1) is 29.6 Å². The summed E-state index contributed by atoms with van der Waals surface area (Å²) in [5, 5.41) is 2.94. The minimum atomic E-state index is -0.336. The maximum atomic E-state index is 13.6. The lowest BCUT2D eigenvalue weighted by molar-refractivity contribution is -0.750. The molecular weight excluding hydrogens is 502 g/mol. The number of nitrogens with zero attached hydrogens (tertiary/aromatic N) is 5. The number of likely N-dealkylation sites (tertiary alicyclic amines) is 1. The van der Waals surface area contributed by atoms with Crippen LogP contribution in [0.25, 0.3) is 11.1 Å². The van der Waals surface area contributed by atoms with Crippen molar-refractivity contribution in [2.75, 3.05) is 11.9 Å². The molecule has 40 heavy (non-hydrogen) atoms. The Labute approximate surface area is 231 Å². The van der Waals surface area contributed by atoms with Crippen LogP contribution in [-0.2, 0) is 4.79 Å². The van der Waals surface area contributed by atoms with Crippen molar-refractivity contribution in [2.45, 2.75) is 18.9 Å². The molecular formula is C31H28N7O2+. The third kappa shape index (κ3) is 4.37. The molecule has 6 rings (SSSR count). The van der Waals surface area contributed by atoms with E-state index in [9.17, 15) is 9.59 Å². The number of carbonyl (C=O) groups excluding carboxylic acids is 2. The van der Waals surface area contributed by atoms with Crippen molar-refractivity contribution in [1.29, 1.82) is 0 Å². The summed E-state index contributed by atoms with van der Waals surface area (Å²) in [6.07, 6.45) is 9.62. The first-order valence-electron chi connectivity index (χ1n) is 13.1. The number of amidine groups is 1. The largest absolute Gasteiger partial charge is 0.330 e.